The fourth-order valence-electron chi connectivity index (χ4n) is 4.15. The number of aliphatic hydroxyl groups excluding tert-OH is 1. The molecule has 1 atom stereocenters. The molecule has 8 heteroatoms. The summed E-state index contributed by atoms with van der Waals surface area (Å²) in [5.41, 5.74) is 2.39. The van der Waals surface area contributed by atoms with E-state index < -0.39 is 17.7 Å². The Kier molecular flexibility index (Phi) is 5.82. The van der Waals surface area contributed by atoms with E-state index in [0.29, 0.717) is 22.1 Å². The number of Topliss-reactive ketones (excluding diaryl/α,β-unsaturated/α-hetero) is 1. The van der Waals surface area contributed by atoms with Crippen LogP contribution in [-0.2, 0) is 9.59 Å². The third kappa shape index (κ3) is 4.06. The third-order valence-corrected chi connectivity index (χ3v) is 6.75. The number of amides is 1. The largest absolute Gasteiger partial charge is 0.507 e. The quantitative estimate of drug-likeness (QED) is 0.231. The van der Waals surface area contributed by atoms with Crippen LogP contribution in [0.3, 0.4) is 0 Å². The number of pyridine rings is 1. The number of hydrogen-bond donors (Lipinski definition) is 1. The third-order valence-electron chi connectivity index (χ3n) is 5.71. The van der Waals surface area contributed by atoms with Crippen molar-refractivity contribution in [3.63, 3.8) is 0 Å². The normalized spacial score (nSPS) is 17.5. The van der Waals surface area contributed by atoms with Crippen LogP contribution in [0.4, 0.5) is 5.13 Å². The molecular weight excluding hydrogens is 462 g/mol. The number of benzene rings is 2. The molecule has 0 radical (unpaired) electrons. The fraction of sp³-hybridized carbons (Fsp3) is 0.185. The number of aromatic nitrogens is 2. The van der Waals surface area contributed by atoms with Gasteiger partial charge in [-0.2, -0.15) is 0 Å². The van der Waals surface area contributed by atoms with E-state index in [0.717, 1.165) is 15.8 Å². The molecule has 176 valence electrons. The van der Waals surface area contributed by atoms with Gasteiger partial charge in [0.05, 0.1) is 27.6 Å². The average molecular weight is 486 g/mol. The van der Waals surface area contributed by atoms with Crippen LogP contribution in [0.5, 0.6) is 5.75 Å². The number of ketones is 1. The highest BCUT2D eigenvalue weighted by molar-refractivity contribution is 7.22. The first-order chi connectivity index (χ1) is 16.8. The van der Waals surface area contributed by atoms with Crippen LogP contribution in [0.1, 0.15) is 36.7 Å². The number of rotatable bonds is 5. The first kappa shape index (κ1) is 22.7. The fourth-order valence-corrected chi connectivity index (χ4v) is 5.14. The van der Waals surface area contributed by atoms with E-state index >= 15 is 0 Å². The van der Waals surface area contributed by atoms with E-state index in [2.05, 4.69) is 9.97 Å². The monoisotopic (exact) mass is 485 g/mol. The Balaban J connectivity index is 1.67. The number of ether oxygens (including phenoxy) is 1. The van der Waals surface area contributed by atoms with Gasteiger partial charge in [-0.05, 0) is 68.8 Å². The molecule has 1 amide bonds. The Morgan fingerprint density at radius 2 is 1.86 bits per heavy atom. The minimum Gasteiger partial charge on any atom is -0.507 e. The van der Waals surface area contributed by atoms with Gasteiger partial charge in [-0.1, -0.05) is 29.5 Å². The molecule has 1 fully saturated rings. The summed E-state index contributed by atoms with van der Waals surface area (Å²) in [4.78, 5) is 37.0. The lowest BCUT2D eigenvalue weighted by atomic mass is 9.97. The summed E-state index contributed by atoms with van der Waals surface area (Å²) in [6.07, 6.45) is 1.59. The number of aryl methyl sites for hydroxylation is 1. The molecule has 7 nitrogen and oxygen atoms in total. The van der Waals surface area contributed by atoms with Crippen molar-refractivity contribution in [3.8, 4) is 5.75 Å². The number of aliphatic hydroxyl groups is 1. The highest BCUT2D eigenvalue weighted by Crippen LogP contribution is 2.43. The Morgan fingerprint density at radius 1 is 1.09 bits per heavy atom. The zero-order valence-corrected chi connectivity index (χ0v) is 20.2. The molecule has 35 heavy (non-hydrogen) atoms. The van der Waals surface area contributed by atoms with Crippen LogP contribution < -0.4 is 9.64 Å². The van der Waals surface area contributed by atoms with Gasteiger partial charge >= 0.3 is 5.91 Å². The lowest BCUT2D eigenvalue weighted by molar-refractivity contribution is -0.132. The maximum absolute atomic E-state index is 13.3. The number of carbonyl (C=O) groups is 2. The summed E-state index contributed by atoms with van der Waals surface area (Å²) in [5.74, 6) is -1.11. The molecule has 0 bridgehead atoms. The van der Waals surface area contributed by atoms with Crippen LogP contribution in [0.25, 0.3) is 16.0 Å². The highest BCUT2D eigenvalue weighted by Gasteiger charge is 2.48. The van der Waals surface area contributed by atoms with E-state index in [4.69, 9.17) is 4.74 Å². The second-order valence-electron chi connectivity index (χ2n) is 8.53. The lowest BCUT2D eigenvalue weighted by Crippen LogP contribution is -2.29. The summed E-state index contributed by atoms with van der Waals surface area (Å²) < 4.78 is 6.68. The van der Waals surface area contributed by atoms with E-state index in [-0.39, 0.29) is 17.4 Å². The number of thiazole rings is 1. The molecule has 2 aromatic heterocycles. The van der Waals surface area contributed by atoms with Gasteiger partial charge in [-0.3, -0.25) is 19.5 Å². The predicted octanol–water partition coefficient (Wildman–Crippen LogP) is 5.41. The van der Waals surface area contributed by atoms with Crippen molar-refractivity contribution in [3.05, 3.63) is 89.3 Å². The molecule has 1 N–H and O–H groups in total. The average Bonchev–Trinajstić information content (AvgIpc) is 3.38. The summed E-state index contributed by atoms with van der Waals surface area (Å²) in [7, 11) is 0. The molecule has 0 aliphatic carbocycles. The van der Waals surface area contributed by atoms with Gasteiger partial charge in [-0.25, -0.2) is 4.98 Å². The number of nitrogens with zero attached hydrogens (tertiary/aromatic N) is 3. The van der Waals surface area contributed by atoms with Crippen molar-refractivity contribution >= 4 is 44.1 Å². The van der Waals surface area contributed by atoms with Crippen LogP contribution in [0, 0.1) is 6.92 Å². The van der Waals surface area contributed by atoms with E-state index in [9.17, 15) is 14.7 Å². The number of hydrogen-bond acceptors (Lipinski definition) is 7. The van der Waals surface area contributed by atoms with Crippen molar-refractivity contribution in [2.75, 3.05) is 4.90 Å². The van der Waals surface area contributed by atoms with Crippen LogP contribution in [-0.4, -0.2) is 32.9 Å². The SMILES string of the molecule is Cc1cc(/C(O)=C2\C(=O)C(=O)N(c3nc4ccccc4s3)C2c2ccccn2)ccc1OC(C)C. The second-order valence-corrected chi connectivity index (χ2v) is 9.54. The predicted molar refractivity (Wildman–Crippen MR) is 136 cm³/mol. The minimum atomic E-state index is -0.913. The molecule has 0 saturated carbocycles. The molecule has 4 aromatic rings. The number of fused-ring (bicyclic) bond motifs is 1. The molecule has 0 spiro atoms. The van der Waals surface area contributed by atoms with Gasteiger partial charge in [0, 0.05) is 11.8 Å². The van der Waals surface area contributed by atoms with E-state index in [1.165, 1.54) is 16.2 Å². The van der Waals surface area contributed by atoms with E-state index in [1.54, 1.807) is 42.6 Å². The molecule has 1 unspecified atom stereocenters. The van der Waals surface area contributed by atoms with Crippen molar-refractivity contribution in [2.24, 2.45) is 0 Å². The Morgan fingerprint density at radius 3 is 2.54 bits per heavy atom. The summed E-state index contributed by atoms with van der Waals surface area (Å²) in [6.45, 7) is 5.73. The number of carbonyl (C=O) groups excluding carboxylic acids is 2. The van der Waals surface area contributed by atoms with Gasteiger partial charge < -0.3 is 9.84 Å². The standard InChI is InChI=1S/C27H23N3O4S/c1-15(2)34-20-12-11-17(14-16(20)3)24(31)22-23(19-9-6-7-13-28-19)30(26(33)25(22)32)27-29-18-8-4-5-10-21(18)35-27/h4-15,23,31H,1-3H3/b24-22+. The van der Waals surface area contributed by atoms with Crippen molar-refractivity contribution in [1.29, 1.82) is 0 Å². The second kappa shape index (κ2) is 8.96. The molecule has 5 rings (SSSR count). The van der Waals surface area contributed by atoms with Crippen LogP contribution in [0.2, 0.25) is 0 Å². The first-order valence-corrected chi connectivity index (χ1v) is 12.0. The van der Waals surface area contributed by atoms with Crippen LogP contribution >= 0.6 is 11.3 Å². The molecule has 2 aromatic carbocycles. The van der Waals surface area contributed by atoms with Gasteiger partial charge in [0.2, 0.25) is 0 Å². The summed E-state index contributed by atoms with van der Waals surface area (Å²) in [5, 5.41) is 11.7. The zero-order valence-electron chi connectivity index (χ0n) is 19.4. The molecular formula is C27H23N3O4S. The van der Waals surface area contributed by atoms with E-state index in [1.807, 2.05) is 45.0 Å². The highest BCUT2D eigenvalue weighted by atomic mass is 32.1. The topological polar surface area (TPSA) is 92.6 Å². The summed E-state index contributed by atoms with van der Waals surface area (Å²) >= 11 is 1.31. The number of para-hydroxylation sites is 1. The van der Waals surface area contributed by atoms with Crippen LogP contribution in [0.15, 0.2) is 72.4 Å². The molecule has 1 aliphatic rings. The van der Waals surface area contributed by atoms with Gasteiger partial charge in [-0.15, -0.1) is 0 Å². The maximum Gasteiger partial charge on any atom is 0.301 e. The van der Waals surface area contributed by atoms with Gasteiger partial charge in [0.15, 0.2) is 5.13 Å². The smallest absolute Gasteiger partial charge is 0.301 e. The van der Waals surface area contributed by atoms with Crippen molar-refractivity contribution in [2.45, 2.75) is 32.9 Å². The Bertz CT molecular complexity index is 1440. The molecule has 1 saturated heterocycles. The molecule has 1 aliphatic heterocycles. The summed E-state index contributed by atoms with van der Waals surface area (Å²) in [6, 6.07) is 17.1. The minimum absolute atomic E-state index is 0.00330. The zero-order chi connectivity index (χ0) is 24.7. The van der Waals surface area contributed by atoms with Crippen molar-refractivity contribution in [1.82, 2.24) is 9.97 Å². The Hall–Kier alpha value is -4.04. The molecule has 3 heterocycles. The van der Waals surface area contributed by atoms with Gasteiger partial charge in [0.1, 0.15) is 17.6 Å². The van der Waals surface area contributed by atoms with Gasteiger partial charge in [0.25, 0.3) is 5.78 Å². The first-order valence-electron chi connectivity index (χ1n) is 11.2. The Labute approximate surface area is 206 Å². The lowest BCUT2D eigenvalue weighted by Gasteiger charge is -2.22. The van der Waals surface area contributed by atoms with Crippen molar-refractivity contribution < 1.29 is 19.4 Å². The maximum atomic E-state index is 13.3. The number of anilines is 1.